The maximum absolute atomic E-state index is 11.9. The molecule has 0 aliphatic rings. The van der Waals surface area contributed by atoms with Gasteiger partial charge in [0.1, 0.15) is 5.75 Å². The Kier molecular flexibility index (Phi) is 5.35. The highest BCUT2D eigenvalue weighted by Gasteiger charge is 2.05. The van der Waals surface area contributed by atoms with Crippen LogP contribution < -0.4 is 15.6 Å². The zero-order valence-corrected chi connectivity index (χ0v) is 12.3. The average molecular weight is 312 g/mol. The number of amides is 1. The van der Waals surface area contributed by atoms with E-state index in [1.165, 1.54) is 0 Å². The summed E-state index contributed by atoms with van der Waals surface area (Å²) >= 11 is 0. The lowest BCUT2D eigenvalue weighted by atomic mass is 10.2. The first-order valence-corrected chi connectivity index (χ1v) is 6.81. The summed E-state index contributed by atoms with van der Waals surface area (Å²) in [5, 5.41) is 8.54. The van der Waals surface area contributed by atoms with E-state index in [9.17, 15) is 9.59 Å². The Labute approximate surface area is 133 Å². The van der Waals surface area contributed by atoms with Gasteiger partial charge in [0.05, 0.1) is 5.70 Å². The van der Waals surface area contributed by atoms with Crippen LogP contribution in [0.2, 0.25) is 0 Å². The standard InChI is InChI=1S/C17H16N2O4/c1-12(18-19-17(22)14-5-3-2-4-6-14)13-7-9-15(10-8-13)23-11-16(20)21/h2-10,18H,1,11H2,(H,19,22)(H,20,21). The number of carbonyl (C=O) groups excluding carboxylic acids is 1. The fraction of sp³-hybridized carbons (Fsp3) is 0.0588. The molecule has 0 atom stereocenters. The summed E-state index contributed by atoms with van der Waals surface area (Å²) in [6.45, 7) is 3.44. The van der Waals surface area contributed by atoms with Crippen LogP contribution in [0.15, 0.2) is 61.2 Å². The second kappa shape index (κ2) is 7.65. The Balaban J connectivity index is 1.88. The second-order valence-corrected chi connectivity index (χ2v) is 4.63. The molecule has 0 fully saturated rings. The van der Waals surface area contributed by atoms with E-state index < -0.39 is 12.6 Å². The molecule has 2 rings (SSSR count). The maximum Gasteiger partial charge on any atom is 0.341 e. The van der Waals surface area contributed by atoms with Gasteiger partial charge in [-0.1, -0.05) is 24.8 Å². The largest absolute Gasteiger partial charge is 0.482 e. The molecule has 0 heterocycles. The lowest BCUT2D eigenvalue weighted by Crippen LogP contribution is -2.35. The molecule has 0 bridgehead atoms. The van der Waals surface area contributed by atoms with E-state index in [4.69, 9.17) is 9.84 Å². The molecular formula is C17H16N2O4. The number of rotatable bonds is 7. The summed E-state index contributed by atoms with van der Waals surface area (Å²) in [7, 11) is 0. The smallest absolute Gasteiger partial charge is 0.341 e. The van der Waals surface area contributed by atoms with Crippen molar-refractivity contribution < 1.29 is 19.4 Å². The van der Waals surface area contributed by atoms with Crippen molar-refractivity contribution in [2.45, 2.75) is 0 Å². The van der Waals surface area contributed by atoms with Crippen molar-refractivity contribution in [2.75, 3.05) is 6.61 Å². The number of nitrogens with one attached hydrogen (secondary N) is 2. The van der Waals surface area contributed by atoms with Crippen LogP contribution in [0.3, 0.4) is 0 Å². The van der Waals surface area contributed by atoms with Gasteiger partial charge in [-0.2, -0.15) is 0 Å². The molecule has 6 heteroatoms. The topological polar surface area (TPSA) is 87.7 Å². The van der Waals surface area contributed by atoms with E-state index in [0.29, 0.717) is 17.0 Å². The van der Waals surface area contributed by atoms with E-state index >= 15 is 0 Å². The Bertz CT molecular complexity index is 696. The minimum atomic E-state index is -1.04. The average Bonchev–Trinajstić information content (AvgIpc) is 2.58. The van der Waals surface area contributed by atoms with E-state index in [-0.39, 0.29) is 5.91 Å². The van der Waals surface area contributed by atoms with Crippen molar-refractivity contribution in [2.24, 2.45) is 0 Å². The molecule has 0 aromatic heterocycles. The molecule has 3 N–H and O–H groups in total. The number of hydrogen-bond acceptors (Lipinski definition) is 4. The predicted octanol–water partition coefficient (Wildman–Crippen LogP) is 2.06. The van der Waals surface area contributed by atoms with Gasteiger partial charge in [0.25, 0.3) is 5.91 Å². The Morgan fingerprint density at radius 1 is 0.957 bits per heavy atom. The van der Waals surface area contributed by atoms with Crippen LogP contribution in [0, 0.1) is 0 Å². The van der Waals surface area contributed by atoms with Crippen LogP contribution in [0.5, 0.6) is 5.75 Å². The molecule has 0 saturated heterocycles. The van der Waals surface area contributed by atoms with Gasteiger partial charge in [0, 0.05) is 5.56 Å². The number of benzene rings is 2. The molecule has 118 valence electrons. The SMILES string of the molecule is C=C(NNC(=O)c1ccccc1)c1ccc(OCC(=O)O)cc1. The molecule has 23 heavy (non-hydrogen) atoms. The van der Waals surface area contributed by atoms with Crippen LogP contribution in [-0.2, 0) is 4.79 Å². The van der Waals surface area contributed by atoms with Crippen molar-refractivity contribution in [3.63, 3.8) is 0 Å². The van der Waals surface area contributed by atoms with Crippen molar-refractivity contribution in [3.05, 3.63) is 72.3 Å². The third kappa shape index (κ3) is 4.89. The number of carboxylic acids is 1. The maximum atomic E-state index is 11.9. The van der Waals surface area contributed by atoms with E-state index in [1.807, 2.05) is 6.07 Å². The molecule has 2 aromatic carbocycles. The molecule has 2 aromatic rings. The molecule has 0 aliphatic carbocycles. The van der Waals surface area contributed by atoms with Crippen molar-refractivity contribution in [3.8, 4) is 5.75 Å². The lowest BCUT2D eigenvalue weighted by molar-refractivity contribution is -0.139. The molecule has 1 amide bonds. The third-order valence-electron chi connectivity index (χ3n) is 2.93. The first-order valence-electron chi connectivity index (χ1n) is 6.81. The van der Waals surface area contributed by atoms with Crippen LogP contribution in [0.1, 0.15) is 15.9 Å². The molecule has 0 saturated carbocycles. The highest BCUT2D eigenvalue weighted by Crippen LogP contribution is 2.15. The summed E-state index contributed by atoms with van der Waals surface area (Å²) in [5.74, 6) is -0.866. The number of hydrogen-bond donors (Lipinski definition) is 3. The highest BCUT2D eigenvalue weighted by molar-refractivity contribution is 5.94. The molecule has 0 radical (unpaired) electrons. The van der Waals surface area contributed by atoms with Crippen LogP contribution in [-0.4, -0.2) is 23.6 Å². The zero-order chi connectivity index (χ0) is 16.7. The number of carboxylic acid groups (broad SMARTS) is 1. The summed E-state index contributed by atoms with van der Waals surface area (Å²) in [5.41, 5.74) is 7.06. The third-order valence-corrected chi connectivity index (χ3v) is 2.93. The van der Waals surface area contributed by atoms with Gasteiger partial charge in [0.2, 0.25) is 0 Å². The minimum absolute atomic E-state index is 0.270. The van der Waals surface area contributed by atoms with Gasteiger partial charge >= 0.3 is 5.97 Å². The van der Waals surface area contributed by atoms with Gasteiger partial charge in [0.15, 0.2) is 6.61 Å². The summed E-state index contributed by atoms with van der Waals surface area (Å²) in [6, 6.07) is 15.5. The number of hydrazine groups is 1. The first-order chi connectivity index (χ1) is 11.1. The lowest BCUT2D eigenvalue weighted by Gasteiger charge is -2.12. The van der Waals surface area contributed by atoms with Crippen LogP contribution in [0.4, 0.5) is 0 Å². The van der Waals surface area contributed by atoms with Gasteiger partial charge in [-0.25, -0.2) is 4.79 Å². The molecule has 0 aliphatic heterocycles. The Morgan fingerprint density at radius 3 is 2.22 bits per heavy atom. The predicted molar refractivity (Wildman–Crippen MR) is 85.7 cm³/mol. The van der Waals surface area contributed by atoms with E-state index in [1.54, 1.807) is 48.5 Å². The molecular weight excluding hydrogens is 296 g/mol. The van der Waals surface area contributed by atoms with E-state index in [0.717, 1.165) is 5.56 Å². The summed E-state index contributed by atoms with van der Waals surface area (Å²) in [6.07, 6.45) is 0. The zero-order valence-electron chi connectivity index (χ0n) is 12.3. The fourth-order valence-corrected chi connectivity index (χ4v) is 1.76. The number of ether oxygens (including phenoxy) is 1. The fourth-order valence-electron chi connectivity index (χ4n) is 1.76. The molecule has 6 nitrogen and oxygen atoms in total. The number of aliphatic carboxylic acids is 1. The van der Waals surface area contributed by atoms with Crippen LogP contribution >= 0.6 is 0 Å². The highest BCUT2D eigenvalue weighted by atomic mass is 16.5. The monoisotopic (exact) mass is 312 g/mol. The minimum Gasteiger partial charge on any atom is -0.482 e. The quantitative estimate of drug-likeness (QED) is 0.681. The van der Waals surface area contributed by atoms with Gasteiger partial charge < -0.3 is 9.84 Å². The first kappa shape index (κ1) is 16.1. The molecule has 0 unspecified atom stereocenters. The Hall–Kier alpha value is -3.28. The van der Waals surface area contributed by atoms with Gasteiger partial charge in [-0.15, -0.1) is 0 Å². The summed E-state index contributed by atoms with van der Waals surface area (Å²) in [4.78, 5) is 22.3. The normalized spacial score (nSPS) is 9.74. The Morgan fingerprint density at radius 2 is 1.61 bits per heavy atom. The van der Waals surface area contributed by atoms with Crippen molar-refractivity contribution in [1.82, 2.24) is 10.9 Å². The number of carbonyl (C=O) groups is 2. The van der Waals surface area contributed by atoms with Gasteiger partial charge in [-0.05, 0) is 42.0 Å². The van der Waals surface area contributed by atoms with Crippen molar-refractivity contribution in [1.29, 1.82) is 0 Å². The van der Waals surface area contributed by atoms with Crippen molar-refractivity contribution >= 4 is 17.6 Å². The second-order valence-electron chi connectivity index (χ2n) is 4.63. The van der Waals surface area contributed by atoms with E-state index in [2.05, 4.69) is 17.4 Å². The molecule has 0 spiro atoms. The summed E-state index contributed by atoms with van der Waals surface area (Å²) < 4.78 is 5.04. The van der Waals surface area contributed by atoms with Crippen LogP contribution in [0.25, 0.3) is 5.70 Å². The van der Waals surface area contributed by atoms with Gasteiger partial charge in [-0.3, -0.25) is 15.6 Å².